The maximum Gasteiger partial charge on any atom is 0.416 e. The lowest BCUT2D eigenvalue weighted by Crippen LogP contribution is -2.44. The Balaban J connectivity index is 1.69. The fourth-order valence-corrected chi connectivity index (χ4v) is 2.56. The molecule has 23 heavy (non-hydrogen) atoms. The fraction of sp³-hybridized carbons (Fsp3) is 0.467. The predicted molar refractivity (Wildman–Crippen MR) is 76.8 cm³/mol. The van der Waals surface area contributed by atoms with Crippen LogP contribution in [0.5, 0.6) is 0 Å². The number of hydrogen-bond acceptors (Lipinski definition) is 5. The van der Waals surface area contributed by atoms with Gasteiger partial charge in [0.1, 0.15) is 0 Å². The fourth-order valence-electron chi connectivity index (χ4n) is 2.56. The Morgan fingerprint density at radius 2 is 2.04 bits per heavy atom. The normalized spacial score (nSPS) is 19.9. The second-order valence-corrected chi connectivity index (χ2v) is 5.62. The number of alkyl halides is 3. The highest BCUT2D eigenvalue weighted by molar-refractivity contribution is 5.26. The number of benzene rings is 1. The lowest BCUT2D eigenvalue weighted by Gasteiger charge is -2.30. The average molecular weight is 326 g/mol. The van der Waals surface area contributed by atoms with E-state index in [1.54, 1.807) is 0 Å². The third kappa shape index (κ3) is 3.70. The van der Waals surface area contributed by atoms with Gasteiger partial charge in [0.05, 0.1) is 18.0 Å². The second-order valence-electron chi connectivity index (χ2n) is 5.62. The summed E-state index contributed by atoms with van der Waals surface area (Å²) in [7, 11) is 2.00. The molecule has 1 fully saturated rings. The van der Waals surface area contributed by atoms with Crippen LogP contribution in [0, 0.1) is 0 Å². The summed E-state index contributed by atoms with van der Waals surface area (Å²) in [6.45, 7) is 2.56. The molecule has 2 heterocycles. The SMILES string of the molecule is CN1CCNCC1c1noc(Cc2ccc(C(F)(F)F)cc2)n1. The lowest BCUT2D eigenvalue weighted by atomic mass is 10.1. The van der Waals surface area contributed by atoms with Crippen LogP contribution in [0.1, 0.15) is 28.9 Å². The second kappa shape index (κ2) is 6.29. The number of aromatic nitrogens is 2. The molecule has 5 nitrogen and oxygen atoms in total. The van der Waals surface area contributed by atoms with Crippen LogP contribution in [-0.2, 0) is 12.6 Å². The zero-order chi connectivity index (χ0) is 16.4. The van der Waals surface area contributed by atoms with Crippen molar-refractivity contribution in [3.63, 3.8) is 0 Å². The minimum atomic E-state index is -4.32. The molecule has 0 spiro atoms. The predicted octanol–water partition coefficient (Wildman–Crippen LogP) is 2.26. The maximum absolute atomic E-state index is 12.5. The smallest absolute Gasteiger partial charge is 0.339 e. The van der Waals surface area contributed by atoms with Crippen LogP contribution in [0.25, 0.3) is 0 Å². The van der Waals surface area contributed by atoms with Gasteiger partial charge in [-0.25, -0.2) is 0 Å². The Labute approximate surface area is 131 Å². The number of piperazine rings is 1. The Morgan fingerprint density at radius 1 is 1.30 bits per heavy atom. The van der Waals surface area contributed by atoms with Crippen molar-refractivity contribution in [3.05, 3.63) is 47.1 Å². The van der Waals surface area contributed by atoms with E-state index < -0.39 is 11.7 Å². The largest absolute Gasteiger partial charge is 0.416 e. The summed E-state index contributed by atoms with van der Waals surface area (Å²) < 4.78 is 42.9. The molecule has 1 saturated heterocycles. The number of hydrogen-bond donors (Lipinski definition) is 1. The van der Waals surface area contributed by atoms with Crippen molar-refractivity contribution in [3.8, 4) is 0 Å². The van der Waals surface area contributed by atoms with Gasteiger partial charge in [-0.3, -0.25) is 4.90 Å². The molecule has 0 bridgehead atoms. The van der Waals surface area contributed by atoms with Crippen LogP contribution in [-0.4, -0.2) is 41.7 Å². The van der Waals surface area contributed by atoms with Crippen molar-refractivity contribution in [1.29, 1.82) is 0 Å². The quantitative estimate of drug-likeness (QED) is 0.938. The Kier molecular flexibility index (Phi) is 4.36. The highest BCUT2D eigenvalue weighted by Crippen LogP contribution is 2.29. The van der Waals surface area contributed by atoms with Crippen molar-refractivity contribution in [2.24, 2.45) is 0 Å². The van der Waals surface area contributed by atoms with E-state index in [4.69, 9.17) is 4.52 Å². The molecule has 0 amide bonds. The first kappa shape index (κ1) is 15.9. The average Bonchev–Trinajstić information content (AvgIpc) is 2.95. The van der Waals surface area contributed by atoms with E-state index in [1.807, 2.05) is 7.05 Å². The third-order valence-electron chi connectivity index (χ3n) is 3.93. The molecule has 1 unspecified atom stereocenters. The highest BCUT2D eigenvalue weighted by Gasteiger charge is 2.30. The number of nitrogens with one attached hydrogen (secondary N) is 1. The molecule has 1 aliphatic heterocycles. The van der Waals surface area contributed by atoms with Gasteiger partial charge < -0.3 is 9.84 Å². The molecule has 0 radical (unpaired) electrons. The molecule has 1 aromatic carbocycles. The van der Waals surface area contributed by atoms with Crippen LogP contribution < -0.4 is 5.32 Å². The van der Waals surface area contributed by atoms with Crippen molar-refractivity contribution in [1.82, 2.24) is 20.4 Å². The highest BCUT2D eigenvalue weighted by atomic mass is 19.4. The Morgan fingerprint density at radius 3 is 2.70 bits per heavy atom. The Bertz CT molecular complexity index is 653. The first-order chi connectivity index (χ1) is 10.9. The van der Waals surface area contributed by atoms with Crippen molar-refractivity contribution >= 4 is 0 Å². The third-order valence-corrected chi connectivity index (χ3v) is 3.93. The van der Waals surface area contributed by atoms with Crippen molar-refractivity contribution < 1.29 is 17.7 Å². The molecule has 1 aliphatic rings. The summed E-state index contributed by atoms with van der Waals surface area (Å²) in [5, 5.41) is 7.27. The minimum absolute atomic E-state index is 0.0499. The van der Waals surface area contributed by atoms with E-state index in [2.05, 4.69) is 20.4 Å². The van der Waals surface area contributed by atoms with Gasteiger partial charge in [-0.2, -0.15) is 18.2 Å². The zero-order valence-electron chi connectivity index (χ0n) is 12.6. The van der Waals surface area contributed by atoms with Gasteiger partial charge in [-0.1, -0.05) is 17.3 Å². The molecule has 0 saturated carbocycles. The number of rotatable bonds is 3. The van der Waals surface area contributed by atoms with Crippen molar-refractivity contribution in [2.75, 3.05) is 26.7 Å². The zero-order valence-corrected chi connectivity index (χ0v) is 12.6. The molecule has 124 valence electrons. The van der Waals surface area contributed by atoms with Gasteiger partial charge in [0.15, 0.2) is 5.82 Å². The monoisotopic (exact) mass is 326 g/mol. The minimum Gasteiger partial charge on any atom is -0.339 e. The molecule has 1 N–H and O–H groups in total. The van der Waals surface area contributed by atoms with Gasteiger partial charge in [0.2, 0.25) is 5.89 Å². The maximum atomic E-state index is 12.5. The van der Waals surface area contributed by atoms with Crippen LogP contribution in [0.3, 0.4) is 0 Å². The van der Waals surface area contributed by atoms with Gasteiger partial charge >= 0.3 is 6.18 Å². The van der Waals surface area contributed by atoms with Crippen LogP contribution in [0.15, 0.2) is 28.8 Å². The molecule has 2 aromatic rings. The van der Waals surface area contributed by atoms with E-state index in [-0.39, 0.29) is 6.04 Å². The summed E-state index contributed by atoms with van der Waals surface area (Å²) >= 11 is 0. The summed E-state index contributed by atoms with van der Waals surface area (Å²) in [6.07, 6.45) is -4.01. The van der Waals surface area contributed by atoms with E-state index in [9.17, 15) is 13.2 Å². The lowest BCUT2D eigenvalue weighted by molar-refractivity contribution is -0.137. The van der Waals surface area contributed by atoms with Crippen LogP contribution in [0.4, 0.5) is 13.2 Å². The summed E-state index contributed by atoms with van der Waals surface area (Å²) in [6, 6.07) is 5.03. The van der Waals surface area contributed by atoms with E-state index >= 15 is 0 Å². The van der Waals surface area contributed by atoms with E-state index in [0.29, 0.717) is 23.7 Å². The molecule has 0 aliphatic carbocycles. The summed E-state index contributed by atoms with van der Waals surface area (Å²) in [4.78, 5) is 6.51. The molecule has 1 atom stereocenters. The number of likely N-dealkylation sites (N-methyl/N-ethyl adjacent to an activating group) is 1. The molecule has 8 heteroatoms. The van der Waals surface area contributed by atoms with Crippen molar-refractivity contribution in [2.45, 2.75) is 18.6 Å². The van der Waals surface area contributed by atoms with Crippen LogP contribution >= 0.6 is 0 Å². The molecule has 3 rings (SSSR count). The number of nitrogens with zero attached hydrogens (tertiary/aromatic N) is 3. The van der Waals surface area contributed by atoms with Gasteiger partial charge in [-0.15, -0.1) is 0 Å². The Hall–Kier alpha value is -1.93. The summed E-state index contributed by atoms with van der Waals surface area (Å²) in [5.41, 5.74) is 0.0331. The van der Waals surface area contributed by atoms with Gasteiger partial charge in [-0.05, 0) is 24.7 Å². The standard InChI is InChI=1S/C15H17F3N4O/c1-22-7-6-19-9-12(22)14-20-13(23-21-14)8-10-2-4-11(5-3-10)15(16,17)18/h2-5,12,19H,6-9H2,1H3. The first-order valence-corrected chi connectivity index (χ1v) is 7.33. The van der Waals surface area contributed by atoms with E-state index in [0.717, 1.165) is 31.8 Å². The van der Waals surface area contributed by atoms with Gasteiger partial charge in [0, 0.05) is 19.6 Å². The van der Waals surface area contributed by atoms with Gasteiger partial charge in [0.25, 0.3) is 0 Å². The molecular weight excluding hydrogens is 309 g/mol. The molecule has 1 aromatic heterocycles. The summed E-state index contributed by atoms with van der Waals surface area (Å²) in [5.74, 6) is 1.00. The number of halogens is 3. The van der Waals surface area contributed by atoms with E-state index in [1.165, 1.54) is 12.1 Å². The van der Waals surface area contributed by atoms with Crippen LogP contribution in [0.2, 0.25) is 0 Å². The topological polar surface area (TPSA) is 54.2 Å². The molecular formula is C15H17F3N4O. The first-order valence-electron chi connectivity index (χ1n) is 7.33.